The predicted molar refractivity (Wildman–Crippen MR) is 40.5 cm³/mol. The third-order valence-corrected chi connectivity index (χ3v) is 1.48. The second-order valence-electron chi connectivity index (χ2n) is 2.31. The van der Waals surface area contributed by atoms with Gasteiger partial charge in [0, 0.05) is 0 Å². The number of rotatable bonds is 2. The molecular formula is C6H10CuO8+2. The number of aliphatic hydroxyl groups excluding tert-OH is 4. The molecular weight excluding hydrogens is 264 g/mol. The molecule has 8 nitrogen and oxygen atoms in total. The van der Waals surface area contributed by atoms with Crippen molar-refractivity contribution < 1.29 is 57.5 Å². The zero-order valence-corrected chi connectivity index (χ0v) is 8.10. The number of cyclic esters (lactones) is 1. The van der Waals surface area contributed by atoms with Crippen molar-refractivity contribution in [2.75, 3.05) is 6.61 Å². The maximum Gasteiger partial charge on any atom is 2.00 e. The Morgan fingerprint density at radius 3 is 2.07 bits per heavy atom. The van der Waals surface area contributed by atoms with Crippen molar-refractivity contribution in [3.8, 4) is 0 Å². The van der Waals surface area contributed by atoms with Gasteiger partial charge in [0.15, 0.2) is 11.9 Å². The number of carbonyl (C=O) groups is 1. The van der Waals surface area contributed by atoms with Crippen LogP contribution in [0, 0.1) is 0 Å². The van der Waals surface area contributed by atoms with Gasteiger partial charge in [0.25, 0.3) is 0 Å². The Labute approximate surface area is 94.4 Å². The van der Waals surface area contributed by atoms with Crippen LogP contribution in [0.15, 0.2) is 11.5 Å². The summed E-state index contributed by atoms with van der Waals surface area (Å²) >= 11 is 0. The Hall–Kier alpha value is -0.831. The first kappa shape index (κ1) is 16.6. The average molecular weight is 274 g/mol. The summed E-state index contributed by atoms with van der Waals surface area (Å²) in [6.45, 7) is -0.671. The summed E-state index contributed by atoms with van der Waals surface area (Å²) in [5.74, 6) is -2.78. The van der Waals surface area contributed by atoms with Crippen LogP contribution in [0.3, 0.4) is 0 Å². The Morgan fingerprint density at radius 1 is 1.33 bits per heavy atom. The Bertz CT molecular complexity index is 239. The number of hydrogen-bond acceptors (Lipinski definition) is 8. The number of carbonyl (C=O) groups excluding carboxylic acids is 1. The van der Waals surface area contributed by atoms with Crippen molar-refractivity contribution in [1.82, 2.24) is 0 Å². The average Bonchev–Trinajstić information content (AvgIpc) is 2.48. The third-order valence-electron chi connectivity index (χ3n) is 1.48. The van der Waals surface area contributed by atoms with Gasteiger partial charge in [-0.1, -0.05) is 0 Å². The van der Waals surface area contributed by atoms with Gasteiger partial charge in [-0.15, -0.1) is 0 Å². The van der Waals surface area contributed by atoms with E-state index in [-0.39, 0.29) is 17.1 Å². The fraction of sp³-hybridized carbons (Fsp3) is 0.500. The Kier molecular flexibility index (Phi) is 8.25. The molecule has 0 saturated heterocycles. The fourth-order valence-corrected chi connectivity index (χ4v) is 0.823. The van der Waals surface area contributed by atoms with Gasteiger partial charge in [-0.3, -0.25) is 10.5 Å². The predicted octanol–water partition coefficient (Wildman–Crippen LogP) is -1.39. The van der Waals surface area contributed by atoms with E-state index in [1.165, 1.54) is 0 Å². The van der Waals surface area contributed by atoms with Gasteiger partial charge >= 0.3 is 23.0 Å². The van der Waals surface area contributed by atoms with Gasteiger partial charge in [-0.25, -0.2) is 4.79 Å². The molecule has 2 atom stereocenters. The van der Waals surface area contributed by atoms with E-state index in [9.17, 15) is 4.79 Å². The van der Waals surface area contributed by atoms with E-state index in [2.05, 4.69) is 4.74 Å². The largest absolute Gasteiger partial charge is 2.00 e. The van der Waals surface area contributed by atoms with E-state index in [0.717, 1.165) is 0 Å². The van der Waals surface area contributed by atoms with Crippen LogP contribution >= 0.6 is 0 Å². The van der Waals surface area contributed by atoms with Gasteiger partial charge < -0.3 is 25.2 Å². The molecule has 1 aliphatic heterocycles. The molecule has 91 valence electrons. The van der Waals surface area contributed by atoms with Crippen molar-refractivity contribution in [3.05, 3.63) is 11.5 Å². The van der Waals surface area contributed by atoms with Crippen molar-refractivity contribution in [1.29, 1.82) is 0 Å². The SMILES string of the molecule is O=C1O[C@H]([C@@H](O)CO)C(O)=C1O.OO.[Cu+2]. The molecule has 1 heterocycles. The number of esters is 1. The second kappa shape index (κ2) is 7.46. The van der Waals surface area contributed by atoms with E-state index in [4.69, 9.17) is 30.9 Å². The summed E-state index contributed by atoms with van der Waals surface area (Å²) in [7, 11) is 0. The zero-order chi connectivity index (χ0) is 11.3. The van der Waals surface area contributed by atoms with Gasteiger partial charge in [-0.05, 0) is 0 Å². The summed E-state index contributed by atoms with van der Waals surface area (Å²) in [4.78, 5) is 10.5. The normalized spacial score (nSPS) is 21.1. The number of ether oxygens (including phenoxy) is 1. The number of hydrogen-bond donors (Lipinski definition) is 6. The molecule has 1 radical (unpaired) electrons. The molecule has 9 heteroatoms. The van der Waals surface area contributed by atoms with Crippen LogP contribution in [0.1, 0.15) is 0 Å². The van der Waals surface area contributed by atoms with Crippen molar-refractivity contribution in [2.24, 2.45) is 0 Å². The Balaban J connectivity index is 0. The molecule has 0 aliphatic carbocycles. The van der Waals surface area contributed by atoms with Crippen molar-refractivity contribution in [2.45, 2.75) is 12.2 Å². The van der Waals surface area contributed by atoms with Gasteiger partial charge in [0.05, 0.1) is 6.61 Å². The van der Waals surface area contributed by atoms with Crippen molar-refractivity contribution >= 4 is 5.97 Å². The Morgan fingerprint density at radius 2 is 1.80 bits per heavy atom. The standard InChI is InChI=1S/C6H8O6.Cu.H2O2/c7-1-2(8)5-3(9)4(10)6(11)12-5;;1-2/h2,5,7-10H,1H2;;1-2H/q;+2;/t2-,5+;;/m0../s1. The van der Waals surface area contributed by atoms with Crippen molar-refractivity contribution in [3.63, 3.8) is 0 Å². The van der Waals surface area contributed by atoms with Crippen LogP contribution in [0.25, 0.3) is 0 Å². The van der Waals surface area contributed by atoms with E-state index >= 15 is 0 Å². The molecule has 0 aromatic carbocycles. The topological polar surface area (TPSA) is 148 Å². The number of aliphatic hydroxyl groups is 4. The molecule has 1 rings (SSSR count). The molecule has 0 aromatic rings. The minimum atomic E-state index is -1.42. The monoisotopic (exact) mass is 273 g/mol. The van der Waals surface area contributed by atoms with Gasteiger partial charge in [0.1, 0.15) is 6.10 Å². The maximum absolute atomic E-state index is 10.5. The molecule has 1 aliphatic rings. The molecule has 0 saturated carbocycles. The molecule has 6 N–H and O–H groups in total. The summed E-state index contributed by atoms with van der Waals surface area (Å²) in [5, 5.41) is 47.0. The van der Waals surface area contributed by atoms with E-state index in [0.29, 0.717) is 0 Å². The van der Waals surface area contributed by atoms with E-state index in [1.54, 1.807) is 0 Å². The van der Waals surface area contributed by atoms with Gasteiger partial charge in [0.2, 0.25) is 5.76 Å². The zero-order valence-electron chi connectivity index (χ0n) is 7.16. The van der Waals surface area contributed by atoms with E-state index < -0.39 is 36.3 Å². The first-order chi connectivity index (χ1) is 6.57. The molecule has 0 bridgehead atoms. The second-order valence-corrected chi connectivity index (χ2v) is 2.31. The molecule has 0 aromatic heterocycles. The van der Waals surface area contributed by atoms with Crippen LogP contribution in [-0.2, 0) is 26.6 Å². The van der Waals surface area contributed by atoms with Crippen LogP contribution in [0.2, 0.25) is 0 Å². The molecule has 15 heavy (non-hydrogen) atoms. The van der Waals surface area contributed by atoms with Gasteiger partial charge in [-0.2, -0.15) is 0 Å². The molecule has 0 fully saturated rings. The van der Waals surface area contributed by atoms with Crippen LogP contribution < -0.4 is 0 Å². The van der Waals surface area contributed by atoms with Crippen LogP contribution in [0.4, 0.5) is 0 Å². The summed E-state index contributed by atoms with van der Waals surface area (Å²) in [6.07, 6.45) is -2.78. The first-order valence-corrected chi connectivity index (χ1v) is 3.40. The summed E-state index contributed by atoms with van der Waals surface area (Å²) < 4.78 is 4.32. The molecule has 0 amide bonds. The summed E-state index contributed by atoms with van der Waals surface area (Å²) in [5.41, 5.74) is 0. The maximum atomic E-state index is 10.5. The van der Waals surface area contributed by atoms with Crippen LogP contribution in [-0.4, -0.2) is 55.7 Å². The van der Waals surface area contributed by atoms with Crippen LogP contribution in [0.5, 0.6) is 0 Å². The van der Waals surface area contributed by atoms with E-state index in [1.807, 2.05) is 0 Å². The minimum absolute atomic E-state index is 0. The first-order valence-electron chi connectivity index (χ1n) is 3.40. The summed E-state index contributed by atoms with van der Waals surface area (Å²) in [6, 6.07) is 0. The third kappa shape index (κ3) is 3.67. The minimum Gasteiger partial charge on any atom is -0.505 e. The quantitative estimate of drug-likeness (QED) is 0.156. The molecule has 0 spiro atoms. The molecule has 0 unspecified atom stereocenters. The smallest absolute Gasteiger partial charge is 0.505 e. The fourth-order valence-electron chi connectivity index (χ4n) is 0.823.